The Hall–Kier alpha value is 0.0700. The van der Waals surface area contributed by atoms with Gasteiger partial charge in [0.05, 0.1) is 3.79 Å². The normalized spacial score (nSPS) is 22.1. The molecular formula is C7H6BrNS2. The third-order valence-electron chi connectivity index (χ3n) is 1.38. The predicted octanol–water partition coefficient (Wildman–Crippen LogP) is 3.32. The van der Waals surface area contributed by atoms with Crippen LogP contribution in [0.4, 0.5) is 0 Å². The van der Waals surface area contributed by atoms with Crippen LogP contribution in [0.3, 0.4) is 0 Å². The average molecular weight is 248 g/mol. The van der Waals surface area contributed by atoms with Crippen LogP contribution in [0.15, 0.2) is 27.5 Å². The number of rotatable bonds is 1. The monoisotopic (exact) mass is 247 g/mol. The van der Waals surface area contributed by atoms with E-state index in [0.29, 0.717) is 5.37 Å². The second-order valence-corrected chi connectivity index (χ2v) is 5.64. The van der Waals surface area contributed by atoms with Gasteiger partial charge in [0.15, 0.2) is 0 Å². The molecule has 1 nitrogen and oxygen atoms in total. The summed E-state index contributed by atoms with van der Waals surface area (Å²) in [7, 11) is 0. The standard InChI is InChI=1S/C7H6BrNS2/c8-6-2-1-5(11-6)7-9-3-4-10-7/h1-4,7,9H. The molecule has 1 atom stereocenters. The summed E-state index contributed by atoms with van der Waals surface area (Å²) in [4.78, 5) is 1.37. The van der Waals surface area contributed by atoms with Crippen LogP contribution >= 0.6 is 39.0 Å². The first-order valence-electron chi connectivity index (χ1n) is 3.18. The fourth-order valence-electron chi connectivity index (χ4n) is 0.902. The first-order valence-corrected chi connectivity index (χ1v) is 5.73. The quantitative estimate of drug-likeness (QED) is 0.818. The van der Waals surface area contributed by atoms with E-state index >= 15 is 0 Å². The minimum absolute atomic E-state index is 0.436. The zero-order valence-corrected chi connectivity index (χ0v) is 8.80. The van der Waals surface area contributed by atoms with Crippen LogP contribution < -0.4 is 5.32 Å². The molecule has 1 N–H and O–H groups in total. The van der Waals surface area contributed by atoms with Crippen molar-refractivity contribution >= 4 is 39.0 Å². The van der Waals surface area contributed by atoms with Gasteiger partial charge in [-0.3, -0.25) is 0 Å². The molecule has 0 bridgehead atoms. The highest BCUT2D eigenvalue weighted by Crippen LogP contribution is 2.36. The molecule has 1 aromatic heterocycles. The van der Waals surface area contributed by atoms with E-state index in [1.165, 1.54) is 8.66 Å². The van der Waals surface area contributed by atoms with E-state index in [4.69, 9.17) is 0 Å². The van der Waals surface area contributed by atoms with Gasteiger partial charge in [-0.15, -0.1) is 23.1 Å². The van der Waals surface area contributed by atoms with Crippen molar-refractivity contribution in [1.82, 2.24) is 5.32 Å². The number of hydrogen-bond donors (Lipinski definition) is 1. The average Bonchev–Trinajstić information content (AvgIpc) is 2.55. The lowest BCUT2D eigenvalue weighted by molar-refractivity contribution is 0.879. The van der Waals surface area contributed by atoms with Crippen molar-refractivity contribution in [3.05, 3.63) is 32.4 Å². The van der Waals surface area contributed by atoms with Gasteiger partial charge in [-0.05, 0) is 33.5 Å². The van der Waals surface area contributed by atoms with Crippen LogP contribution in [0.5, 0.6) is 0 Å². The van der Waals surface area contributed by atoms with E-state index < -0.39 is 0 Å². The summed E-state index contributed by atoms with van der Waals surface area (Å²) in [5.74, 6) is 0. The van der Waals surface area contributed by atoms with Crippen molar-refractivity contribution < 1.29 is 0 Å². The largest absolute Gasteiger partial charge is 0.374 e. The van der Waals surface area contributed by atoms with E-state index in [1.54, 1.807) is 23.1 Å². The molecule has 1 aromatic rings. The lowest BCUT2D eigenvalue weighted by Crippen LogP contribution is -2.04. The van der Waals surface area contributed by atoms with Crippen molar-refractivity contribution in [2.75, 3.05) is 0 Å². The van der Waals surface area contributed by atoms with Gasteiger partial charge < -0.3 is 5.32 Å². The van der Waals surface area contributed by atoms with Gasteiger partial charge in [-0.25, -0.2) is 0 Å². The molecule has 2 heterocycles. The Balaban J connectivity index is 2.17. The molecule has 2 rings (SSSR count). The molecule has 1 aliphatic heterocycles. The summed E-state index contributed by atoms with van der Waals surface area (Å²) >= 11 is 7.03. The summed E-state index contributed by atoms with van der Waals surface area (Å²) in [6.45, 7) is 0. The van der Waals surface area contributed by atoms with Crippen molar-refractivity contribution in [2.24, 2.45) is 0 Å². The number of hydrogen-bond acceptors (Lipinski definition) is 3. The smallest absolute Gasteiger partial charge is 0.111 e. The molecule has 0 radical (unpaired) electrons. The van der Waals surface area contributed by atoms with E-state index in [0.717, 1.165) is 0 Å². The Kier molecular flexibility index (Phi) is 2.25. The van der Waals surface area contributed by atoms with Gasteiger partial charge in [0.1, 0.15) is 5.37 Å². The Morgan fingerprint density at radius 3 is 2.91 bits per heavy atom. The maximum absolute atomic E-state index is 3.44. The van der Waals surface area contributed by atoms with Gasteiger partial charge in [0.2, 0.25) is 0 Å². The molecule has 0 saturated carbocycles. The fraction of sp³-hybridized carbons (Fsp3) is 0.143. The highest BCUT2D eigenvalue weighted by molar-refractivity contribution is 9.11. The molecule has 0 fully saturated rings. The van der Waals surface area contributed by atoms with E-state index in [-0.39, 0.29) is 0 Å². The maximum atomic E-state index is 3.44. The van der Waals surface area contributed by atoms with Gasteiger partial charge >= 0.3 is 0 Å². The third-order valence-corrected chi connectivity index (χ3v) is 4.18. The Morgan fingerprint density at radius 1 is 1.45 bits per heavy atom. The lowest BCUT2D eigenvalue weighted by Gasteiger charge is -2.05. The molecule has 1 aliphatic rings. The third kappa shape index (κ3) is 1.63. The van der Waals surface area contributed by atoms with Crippen molar-refractivity contribution in [2.45, 2.75) is 5.37 Å². The molecule has 0 spiro atoms. The molecule has 58 valence electrons. The van der Waals surface area contributed by atoms with E-state index in [9.17, 15) is 0 Å². The molecule has 0 aromatic carbocycles. The van der Waals surface area contributed by atoms with Gasteiger partial charge in [0, 0.05) is 11.1 Å². The summed E-state index contributed by atoms with van der Waals surface area (Å²) in [5, 5.41) is 5.78. The highest BCUT2D eigenvalue weighted by Gasteiger charge is 2.13. The van der Waals surface area contributed by atoms with Crippen molar-refractivity contribution in [1.29, 1.82) is 0 Å². The molecule has 0 amide bonds. The van der Waals surface area contributed by atoms with Crippen LogP contribution in [0, 0.1) is 0 Å². The molecule has 1 unspecified atom stereocenters. The van der Waals surface area contributed by atoms with E-state index in [2.05, 4.69) is 38.8 Å². The predicted molar refractivity (Wildman–Crippen MR) is 54.6 cm³/mol. The minimum atomic E-state index is 0.436. The number of nitrogens with one attached hydrogen (secondary N) is 1. The Morgan fingerprint density at radius 2 is 2.36 bits per heavy atom. The number of thioether (sulfide) groups is 1. The molecule has 0 saturated heterocycles. The Bertz CT molecular complexity index is 274. The van der Waals surface area contributed by atoms with Crippen LogP contribution in [0.25, 0.3) is 0 Å². The zero-order valence-electron chi connectivity index (χ0n) is 5.58. The second kappa shape index (κ2) is 3.21. The lowest BCUT2D eigenvalue weighted by atomic mass is 10.5. The van der Waals surface area contributed by atoms with Gasteiger partial charge in [-0.1, -0.05) is 0 Å². The SMILES string of the molecule is Brc1ccc(C2NC=CS2)s1. The molecular weight excluding hydrogens is 242 g/mol. The molecule has 4 heteroatoms. The summed E-state index contributed by atoms with van der Waals surface area (Å²) in [6.07, 6.45) is 1.99. The number of halogens is 1. The second-order valence-electron chi connectivity index (χ2n) is 2.13. The first-order chi connectivity index (χ1) is 5.36. The van der Waals surface area contributed by atoms with Crippen LogP contribution in [0.2, 0.25) is 0 Å². The van der Waals surface area contributed by atoms with Crippen LogP contribution in [0.1, 0.15) is 10.3 Å². The van der Waals surface area contributed by atoms with Crippen molar-refractivity contribution in [3.63, 3.8) is 0 Å². The summed E-state index contributed by atoms with van der Waals surface area (Å²) in [6, 6.07) is 4.23. The highest BCUT2D eigenvalue weighted by atomic mass is 79.9. The van der Waals surface area contributed by atoms with Gasteiger partial charge in [0.25, 0.3) is 0 Å². The minimum Gasteiger partial charge on any atom is -0.374 e. The number of thiophene rings is 1. The molecule has 11 heavy (non-hydrogen) atoms. The van der Waals surface area contributed by atoms with Gasteiger partial charge in [-0.2, -0.15) is 0 Å². The van der Waals surface area contributed by atoms with Crippen LogP contribution in [-0.4, -0.2) is 0 Å². The summed E-state index contributed by atoms with van der Waals surface area (Å²) < 4.78 is 1.20. The van der Waals surface area contributed by atoms with E-state index in [1.807, 2.05) is 6.20 Å². The van der Waals surface area contributed by atoms with Crippen molar-refractivity contribution in [3.8, 4) is 0 Å². The fourth-order valence-corrected chi connectivity index (χ4v) is 3.26. The summed E-state index contributed by atoms with van der Waals surface area (Å²) in [5.41, 5.74) is 0. The van der Waals surface area contributed by atoms with Crippen LogP contribution in [-0.2, 0) is 0 Å². The maximum Gasteiger partial charge on any atom is 0.111 e. The molecule has 0 aliphatic carbocycles. The first kappa shape index (κ1) is 7.71. The zero-order chi connectivity index (χ0) is 7.68. The topological polar surface area (TPSA) is 12.0 Å². The Labute approximate surface area is 82.0 Å².